The normalized spacial score (nSPS) is 30.3. The fraction of sp³-hybridized carbons (Fsp3) is 0.929. The molecule has 17 heavy (non-hydrogen) atoms. The van der Waals surface area contributed by atoms with Crippen LogP contribution >= 0.6 is 0 Å². The van der Waals surface area contributed by atoms with E-state index in [4.69, 9.17) is 5.73 Å². The smallest absolute Gasteiger partial charge is 0.242 e. The lowest BCUT2D eigenvalue weighted by Gasteiger charge is -2.46. The molecule has 1 amide bonds. The van der Waals surface area contributed by atoms with Crippen LogP contribution in [-0.4, -0.2) is 29.4 Å². The highest BCUT2D eigenvalue weighted by molar-refractivity contribution is 5.89. The third kappa shape index (κ3) is 2.10. The first-order chi connectivity index (χ1) is 8.14. The molecule has 3 heteroatoms. The number of carbonyl (C=O) groups is 1. The zero-order chi connectivity index (χ0) is 11.9. The maximum atomic E-state index is 12.3. The molecule has 3 rings (SSSR count). The summed E-state index contributed by atoms with van der Waals surface area (Å²) in [6, 6.07) is 0. The first-order valence-electron chi connectivity index (χ1n) is 7.22. The van der Waals surface area contributed by atoms with E-state index in [2.05, 4.69) is 4.90 Å². The van der Waals surface area contributed by atoms with Gasteiger partial charge in [-0.2, -0.15) is 0 Å². The van der Waals surface area contributed by atoms with E-state index in [-0.39, 0.29) is 5.91 Å². The van der Waals surface area contributed by atoms with E-state index in [9.17, 15) is 4.79 Å². The molecule has 1 heterocycles. The maximum Gasteiger partial charge on any atom is 0.242 e. The minimum Gasteiger partial charge on any atom is -0.341 e. The Hall–Kier alpha value is -0.570. The van der Waals surface area contributed by atoms with Crippen LogP contribution in [0.5, 0.6) is 0 Å². The third-order valence-electron chi connectivity index (χ3n) is 5.08. The van der Waals surface area contributed by atoms with Crippen molar-refractivity contribution in [1.29, 1.82) is 0 Å². The lowest BCUT2D eigenvalue weighted by molar-refractivity contribution is -0.137. The SMILES string of the molecule is NC1(C(=O)N2CCCC3(CCCCC3)C2)CC1. The number of likely N-dealkylation sites (tertiary alicyclic amines) is 1. The van der Waals surface area contributed by atoms with Gasteiger partial charge in [0.1, 0.15) is 0 Å². The van der Waals surface area contributed by atoms with Crippen LogP contribution in [-0.2, 0) is 4.79 Å². The van der Waals surface area contributed by atoms with Crippen LogP contribution in [0.15, 0.2) is 0 Å². The van der Waals surface area contributed by atoms with Gasteiger partial charge < -0.3 is 10.6 Å². The lowest BCUT2D eigenvalue weighted by Crippen LogP contribution is -2.53. The second kappa shape index (κ2) is 3.98. The van der Waals surface area contributed by atoms with Gasteiger partial charge in [-0.15, -0.1) is 0 Å². The van der Waals surface area contributed by atoms with Crippen LogP contribution < -0.4 is 5.73 Å². The summed E-state index contributed by atoms with van der Waals surface area (Å²) in [5.74, 6) is 0.238. The van der Waals surface area contributed by atoms with E-state index in [0.29, 0.717) is 5.41 Å². The van der Waals surface area contributed by atoms with E-state index >= 15 is 0 Å². The van der Waals surface area contributed by atoms with Crippen LogP contribution in [0, 0.1) is 5.41 Å². The van der Waals surface area contributed by atoms with Crippen molar-refractivity contribution in [3.05, 3.63) is 0 Å². The Kier molecular flexibility index (Phi) is 2.69. The van der Waals surface area contributed by atoms with Crippen LogP contribution in [0.4, 0.5) is 0 Å². The van der Waals surface area contributed by atoms with Gasteiger partial charge >= 0.3 is 0 Å². The van der Waals surface area contributed by atoms with Crippen molar-refractivity contribution in [3.8, 4) is 0 Å². The molecule has 0 aromatic heterocycles. The van der Waals surface area contributed by atoms with Gasteiger partial charge in [-0.3, -0.25) is 4.79 Å². The quantitative estimate of drug-likeness (QED) is 0.757. The summed E-state index contributed by atoms with van der Waals surface area (Å²) < 4.78 is 0. The van der Waals surface area contributed by atoms with E-state index < -0.39 is 5.54 Å². The highest BCUT2D eigenvalue weighted by Gasteiger charge is 2.50. The second-order valence-electron chi connectivity index (χ2n) is 6.55. The molecule has 1 aliphatic heterocycles. The summed E-state index contributed by atoms with van der Waals surface area (Å²) in [6.45, 7) is 1.93. The number of hydrogen-bond acceptors (Lipinski definition) is 2. The molecule has 3 aliphatic rings. The van der Waals surface area contributed by atoms with Gasteiger partial charge in [0.2, 0.25) is 5.91 Å². The Balaban J connectivity index is 1.68. The molecule has 96 valence electrons. The number of rotatable bonds is 1. The monoisotopic (exact) mass is 236 g/mol. The van der Waals surface area contributed by atoms with E-state index in [0.717, 1.165) is 25.9 Å². The molecule has 0 aromatic carbocycles. The van der Waals surface area contributed by atoms with Crippen molar-refractivity contribution in [3.63, 3.8) is 0 Å². The fourth-order valence-electron chi connectivity index (χ4n) is 3.75. The largest absolute Gasteiger partial charge is 0.341 e. The van der Waals surface area contributed by atoms with E-state index in [1.165, 1.54) is 44.9 Å². The molecule has 0 radical (unpaired) electrons. The van der Waals surface area contributed by atoms with Crippen molar-refractivity contribution in [2.45, 2.75) is 63.3 Å². The van der Waals surface area contributed by atoms with Crippen molar-refractivity contribution in [2.75, 3.05) is 13.1 Å². The van der Waals surface area contributed by atoms with Crippen molar-refractivity contribution in [1.82, 2.24) is 4.90 Å². The zero-order valence-electron chi connectivity index (χ0n) is 10.7. The minimum absolute atomic E-state index is 0.238. The summed E-state index contributed by atoms with van der Waals surface area (Å²) in [5.41, 5.74) is 6.04. The highest BCUT2D eigenvalue weighted by atomic mass is 16.2. The van der Waals surface area contributed by atoms with Crippen molar-refractivity contribution in [2.24, 2.45) is 11.1 Å². The summed E-state index contributed by atoms with van der Waals surface area (Å²) in [6.07, 6.45) is 11.1. The molecule has 3 nitrogen and oxygen atoms in total. The molecule has 3 fully saturated rings. The van der Waals surface area contributed by atoms with Gasteiger partial charge in [0.05, 0.1) is 5.54 Å². The zero-order valence-corrected chi connectivity index (χ0v) is 10.7. The Morgan fingerprint density at radius 1 is 0.941 bits per heavy atom. The fourth-order valence-corrected chi connectivity index (χ4v) is 3.75. The molecule has 2 aliphatic carbocycles. The van der Waals surface area contributed by atoms with Gasteiger partial charge in [0.25, 0.3) is 0 Å². The minimum atomic E-state index is -0.465. The molecule has 0 bridgehead atoms. The molecule has 1 saturated heterocycles. The van der Waals surface area contributed by atoms with Crippen LogP contribution in [0.25, 0.3) is 0 Å². The van der Waals surface area contributed by atoms with Crippen LogP contribution in [0.1, 0.15) is 57.8 Å². The molecule has 2 N–H and O–H groups in total. The van der Waals surface area contributed by atoms with Gasteiger partial charge in [0, 0.05) is 13.1 Å². The summed E-state index contributed by atoms with van der Waals surface area (Å²) in [5, 5.41) is 0. The number of nitrogens with two attached hydrogens (primary N) is 1. The van der Waals surface area contributed by atoms with E-state index in [1.807, 2.05) is 0 Å². The summed E-state index contributed by atoms with van der Waals surface area (Å²) >= 11 is 0. The molecule has 0 unspecified atom stereocenters. The van der Waals surface area contributed by atoms with Crippen LogP contribution in [0.2, 0.25) is 0 Å². The number of carbonyl (C=O) groups excluding carboxylic acids is 1. The molecule has 0 aromatic rings. The topological polar surface area (TPSA) is 46.3 Å². The molecule has 0 atom stereocenters. The Morgan fingerprint density at radius 2 is 1.59 bits per heavy atom. The Morgan fingerprint density at radius 3 is 2.24 bits per heavy atom. The van der Waals surface area contributed by atoms with Crippen molar-refractivity contribution < 1.29 is 4.79 Å². The molecule has 1 spiro atoms. The van der Waals surface area contributed by atoms with Gasteiger partial charge in [-0.25, -0.2) is 0 Å². The first kappa shape index (κ1) is 11.5. The van der Waals surface area contributed by atoms with Gasteiger partial charge in [-0.1, -0.05) is 19.3 Å². The van der Waals surface area contributed by atoms with Crippen molar-refractivity contribution >= 4 is 5.91 Å². The Labute approximate surface area is 104 Å². The van der Waals surface area contributed by atoms with E-state index in [1.54, 1.807) is 0 Å². The number of amides is 1. The van der Waals surface area contributed by atoms with Crippen LogP contribution in [0.3, 0.4) is 0 Å². The number of nitrogens with zero attached hydrogens (tertiary/aromatic N) is 1. The third-order valence-corrected chi connectivity index (χ3v) is 5.08. The predicted octanol–water partition coefficient (Wildman–Crippen LogP) is 2.05. The predicted molar refractivity (Wildman–Crippen MR) is 67.5 cm³/mol. The standard InChI is InChI=1S/C14H24N2O/c15-14(8-9-14)12(17)16-10-4-7-13(11-16)5-2-1-3-6-13/h1-11,15H2. The summed E-state index contributed by atoms with van der Waals surface area (Å²) in [7, 11) is 0. The molecule has 2 saturated carbocycles. The van der Waals surface area contributed by atoms with Gasteiger partial charge in [-0.05, 0) is 43.9 Å². The molecular weight excluding hydrogens is 212 g/mol. The summed E-state index contributed by atoms with van der Waals surface area (Å²) in [4.78, 5) is 14.4. The maximum absolute atomic E-state index is 12.3. The van der Waals surface area contributed by atoms with Gasteiger partial charge in [0.15, 0.2) is 0 Å². The second-order valence-corrected chi connectivity index (χ2v) is 6.55. The Bertz CT molecular complexity index is 311. The number of hydrogen-bond donors (Lipinski definition) is 1. The average Bonchev–Trinajstić information content (AvgIpc) is 3.09. The first-order valence-corrected chi connectivity index (χ1v) is 7.22. The average molecular weight is 236 g/mol. The number of piperidine rings is 1. The highest BCUT2D eigenvalue weighted by Crippen LogP contribution is 2.44. The lowest BCUT2D eigenvalue weighted by atomic mass is 9.69. The molecular formula is C14H24N2O.